The van der Waals surface area contributed by atoms with Gasteiger partial charge in [0.1, 0.15) is 0 Å². The molecule has 0 unspecified atom stereocenters. The van der Waals surface area contributed by atoms with Gasteiger partial charge in [0, 0.05) is 11.2 Å². The number of rotatable bonds is 4. The fourth-order valence-electron chi connectivity index (χ4n) is 4.12. The molecule has 0 saturated carbocycles. The lowest BCUT2D eigenvalue weighted by Crippen LogP contribution is -2.58. The summed E-state index contributed by atoms with van der Waals surface area (Å²) in [6.45, 7) is 7.61. The average Bonchev–Trinajstić information content (AvgIpc) is 2.62. The number of piperidine rings is 2. The number of halogens is 1. The van der Waals surface area contributed by atoms with Crippen molar-refractivity contribution in [2.45, 2.75) is 44.6 Å². The summed E-state index contributed by atoms with van der Waals surface area (Å²) >= 11 is 0. The summed E-state index contributed by atoms with van der Waals surface area (Å²) in [5.41, 5.74) is 8.62. The molecule has 0 spiro atoms. The molecule has 0 bridgehead atoms. The van der Waals surface area contributed by atoms with Crippen LogP contribution in [0.2, 0.25) is 0 Å². The first-order valence-corrected chi connectivity index (χ1v) is 9.65. The molecule has 2 aliphatic heterocycles. The highest BCUT2D eigenvalue weighted by atomic mass is 127. The largest absolute Gasteiger partial charge is 0.370 e. The van der Waals surface area contributed by atoms with Crippen molar-refractivity contribution in [3.05, 3.63) is 29.8 Å². The Labute approximate surface area is 175 Å². The second-order valence-electron chi connectivity index (χ2n) is 7.77. The van der Waals surface area contributed by atoms with Crippen LogP contribution in [0.3, 0.4) is 0 Å². The first-order chi connectivity index (χ1) is 12.1. The molecule has 0 atom stereocenters. The van der Waals surface area contributed by atoms with Crippen LogP contribution in [0.5, 0.6) is 0 Å². The Bertz CT molecular complexity index is 590. The van der Waals surface area contributed by atoms with Crippen LogP contribution in [0.4, 0.5) is 5.69 Å². The van der Waals surface area contributed by atoms with E-state index < -0.39 is 0 Å². The van der Waals surface area contributed by atoms with Crippen LogP contribution in [0.25, 0.3) is 0 Å². The highest BCUT2D eigenvalue weighted by molar-refractivity contribution is 14.0. The van der Waals surface area contributed by atoms with Crippen molar-refractivity contribution in [1.29, 1.82) is 0 Å². The van der Waals surface area contributed by atoms with Gasteiger partial charge in [0.25, 0.3) is 0 Å². The molecule has 146 valence electrons. The Morgan fingerprint density at radius 2 is 1.85 bits per heavy atom. The van der Waals surface area contributed by atoms with E-state index in [1.54, 1.807) is 0 Å². The molecule has 1 aromatic rings. The fraction of sp³-hybridized carbons (Fsp3) is 0.650. The van der Waals surface area contributed by atoms with Gasteiger partial charge >= 0.3 is 0 Å². The number of aliphatic imine (C=N–C) groups is 1. The molecule has 0 radical (unpaired) electrons. The van der Waals surface area contributed by atoms with Gasteiger partial charge in [0.15, 0.2) is 5.96 Å². The molecule has 2 saturated heterocycles. The number of nitrogens with zero attached hydrogens (tertiary/aromatic N) is 3. The van der Waals surface area contributed by atoms with Gasteiger partial charge < -0.3 is 16.0 Å². The summed E-state index contributed by atoms with van der Waals surface area (Å²) in [6.07, 6.45) is 6.37. The number of nitrogens with one attached hydrogen (secondary N) is 1. The summed E-state index contributed by atoms with van der Waals surface area (Å²) < 4.78 is 0. The standard InChI is InChI=1S/C20H33N5.HI/c1-17-7-6-8-18(15-17)23-19(21)22-16-20(9-13-24(2)14-10-20)25-11-4-3-5-12-25;/h6-8,15H,3-5,9-14,16H2,1-2H3,(H3,21,22,23);1H. The summed E-state index contributed by atoms with van der Waals surface area (Å²) in [6, 6.07) is 8.25. The average molecular weight is 471 g/mol. The monoisotopic (exact) mass is 471 g/mol. The quantitative estimate of drug-likeness (QED) is 0.402. The van der Waals surface area contributed by atoms with Gasteiger partial charge in [0.05, 0.1) is 6.54 Å². The lowest BCUT2D eigenvalue weighted by Gasteiger charge is -2.49. The zero-order valence-corrected chi connectivity index (χ0v) is 18.5. The first-order valence-electron chi connectivity index (χ1n) is 9.65. The van der Waals surface area contributed by atoms with Crippen molar-refractivity contribution >= 4 is 35.6 Å². The van der Waals surface area contributed by atoms with Gasteiger partial charge in [-0.25, -0.2) is 0 Å². The summed E-state index contributed by atoms with van der Waals surface area (Å²) in [7, 11) is 2.22. The van der Waals surface area contributed by atoms with Crippen molar-refractivity contribution in [3.8, 4) is 0 Å². The van der Waals surface area contributed by atoms with Crippen molar-refractivity contribution in [3.63, 3.8) is 0 Å². The van der Waals surface area contributed by atoms with E-state index in [-0.39, 0.29) is 29.5 Å². The minimum absolute atomic E-state index is 0. The molecule has 3 N–H and O–H groups in total. The van der Waals surface area contributed by atoms with Crippen molar-refractivity contribution in [2.24, 2.45) is 10.7 Å². The van der Waals surface area contributed by atoms with Gasteiger partial charge in [0.2, 0.25) is 0 Å². The second-order valence-corrected chi connectivity index (χ2v) is 7.77. The number of hydrogen-bond donors (Lipinski definition) is 2. The molecule has 1 aromatic carbocycles. The van der Waals surface area contributed by atoms with E-state index in [1.807, 2.05) is 12.1 Å². The number of anilines is 1. The zero-order valence-electron chi connectivity index (χ0n) is 16.2. The van der Waals surface area contributed by atoms with E-state index in [0.717, 1.165) is 25.3 Å². The molecular weight excluding hydrogens is 437 g/mol. The highest BCUT2D eigenvalue weighted by Crippen LogP contribution is 2.31. The number of benzene rings is 1. The van der Waals surface area contributed by atoms with Gasteiger partial charge in [-0.05, 0) is 83.5 Å². The van der Waals surface area contributed by atoms with Crippen molar-refractivity contribution in [1.82, 2.24) is 9.80 Å². The fourth-order valence-corrected chi connectivity index (χ4v) is 4.12. The second kappa shape index (κ2) is 9.90. The Hall–Kier alpha value is -0.860. The van der Waals surface area contributed by atoms with Crippen LogP contribution in [0.15, 0.2) is 29.3 Å². The minimum Gasteiger partial charge on any atom is -0.370 e. The maximum atomic E-state index is 6.20. The molecule has 2 fully saturated rings. The van der Waals surface area contributed by atoms with Crippen LogP contribution in [-0.2, 0) is 0 Å². The number of hydrogen-bond acceptors (Lipinski definition) is 3. The van der Waals surface area contributed by atoms with Gasteiger partial charge in [-0.15, -0.1) is 24.0 Å². The molecular formula is C20H34IN5. The van der Waals surface area contributed by atoms with E-state index in [9.17, 15) is 0 Å². The minimum atomic E-state index is 0. The zero-order chi connectivity index (χ0) is 17.7. The summed E-state index contributed by atoms with van der Waals surface area (Å²) in [4.78, 5) is 9.90. The third kappa shape index (κ3) is 5.57. The Kier molecular flexibility index (Phi) is 8.16. The van der Waals surface area contributed by atoms with Crippen LogP contribution in [0, 0.1) is 6.92 Å². The lowest BCUT2D eigenvalue weighted by atomic mass is 9.84. The smallest absolute Gasteiger partial charge is 0.193 e. The normalized spacial score (nSPS) is 21.8. The maximum Gasteiger partial charge on any atom is 0.193 e. The van der Waals surface area contributed by atoms with E-state index in [0.29, 0.717) is 5.96 Å². The van der Waals surface area contributed by atoms with E-state index in [2.05, 4.69) is 41.2 Å². The Balaban J connectivity index is 0.00000243. The van der Waals surface area contributed by atoms with Crippen LogP contribution >= 0.6 is 24.0 Å². The topological polar surface area (TPSA) is 56.9 Å². The van der Waals surface area contributed by atoms with E-state index in [4.69, 9.17) is 10.7 Å². The molecule has 3 rings (SSSR count). The lowest BCUT2D eigenvalue weighted by molar-refractivity contribution is 0.0209. The van der Waals surface area contributed by atoms with Gasteiger partial charge in [-0.1, -0.05) is 18.6 Å². The first kappa shape index (κ1) is 21.4. The number of guanidine groups is 1. The highest BCUT2D eigenvalue weighted by Gasteiger charge is 2.39. The predicted octanol–water partition coefficient (Wildman–Crippen LogP) is 3.29. The van der Waals surface area contributed by atoms with E-state index in [1.165, 1.54) is 50.8 Å². The number of aryl methyl sites for hydroxylation is 1. The predicted molar refractivity (Wildman–Crippen MR) is 122 cm³/mol. The third-order valence-corrected chi connectivity index (χ3v) is 5.78. The Morgan fingerprint density at radius 3 is 2.50 bits per heavy atom. The molecule has 0 aliphatic carbocycles. The van der Waals surface area contributed by atoms with E-state index >= 15 is 0 Å². The molecule has 0 aromatic heterocycles. The third-order valence-electron chi connectivity index (χ3n) is 5.78. The SMILES string of the molecule is Cc1cccc(NC(N)=NCC2(N3CCCCC3)CCN(C)CC2)c1.I. The number of likely N-dealkylation sites (tertiary alicyclic amines) is 2. The van der Waals surface area contributed by atoms with Crippen LogP contribution in [0.1, 0.15) is 37.7 Å². The van der Waals surface area contributed by atoms with Gasteiger partial charge in [-0.2, -0.15) is 0 Å². The summed E-state index contributed by atoms with van der Waals surface area (Å²) in [5, 5.41) is 3.25. The summed E-state index contributed by atoms with van der Waals surface area (Å²) in [5.74, 6) is 0.529. The molecule has 26 heavy (non-hydrogen) atoms. The molecule has 5 nitrogen and oxygen atoms in total. The van der Waals surface area contributed by atoms with Crippen LogP contribution < -0.4 is 11.1 Å². The molecule has 6 heteroatoms. The van der Waals surface area contributed by atoms with Gasteiger partial charge in [-0.3, -0.25) is 9.89 Å². The van der Waals surface area contributed by atoms with Crippen molar-refractivity contribution < 1.29 is 0 Å². The molecule has 0 amide bonds. The van der Waals surface area contributed by atoms with Crippen molar-refractivity contribution in [2.75, 3.05) is 45.1 Å². The number of nitrogens with two attached hydrogens (primary N) is 1. The maximum absolute atomic E-state index is 6.20. The Morgan fingerprint density at radius 1 is 1.15 bits per heavy atom. The molecule has 2 heterocycles. The van der Waals surface area contributed by atoms with Crippen LogP contribution in [-0.4, -0.2) is 61.1 Å². The molecule has 2 aliphatic rings.